The topological polar surface area (TPSA) is 47.9 Å². The predicted octanol–water partition coefficient (Wildman–Crippen LogP) is 7.11. The molecule has 34 heavy (non-hydrogen) atoms. The fourth-order valence-electron chi connectivity index (χ4n) is 6.93. The Bertz CT molecular complexity index is 1230. The lowest BCUT2D eigenvalue weighted by atomic mass is 9.49. The zero-order valence-corrected chi connectivity index (χ0v) is 19.7. The molecular formula is C30H31NO3. The molecule has 3 aromatic rings. The summed E-state index contributed by atoms with van der Waals surface area (Å²) in [5, 5.41) is 2.37. The number of carbonyl (C=O) groups is 1. The molecule has 7 rings (SSSR count). The van der Waals surface area contributed by atoms with Crippen molar-refractivity contribution in [1.29, 1.82) is 0 Å². The van der Waals surface area contributed by atoms with E-state index in [-0.39, 0.29) is 11.4 Å². The lowest BCUT2D eigenvalue weighted by Crippen LogP contribution is -2.51. The summed E-state index contributed by atoms with van der Waals surface area (Å²) in [6.45, 7) is 2.45. The van der Waals surface area contributed by atoms with Crippen LogP contribution in [0.1, 0.15) is 51.0 Å². The van der Waals surface area contributed by atoms with Crippen LogP contribution in [0.25, 0.3) is 10.8 Å². The Morgan fingerprint density at radius 3 is 2.32 bits per heavy atom. The highest BCUT2D eigenvalue weighted by atomic mass is 16.6. The van der Waals surface area contributed by atoms with E-state index in [0.29, 0.717) is 35.9 Å². The van der Waals surface area contributed by atoms with E-state index >= 15 is 0 Å². The summed E-state index contributed by atoms with van der Waals surface area (Å²) in [7, 11) is 0. The fraction of sp³-hybridized carbons (Fsp3) is 0.400. The molecule has 0 spiro atoms. The van der Waals surface area contributed by atoms with Crippen LogP contribution < -0.4 is 9.47 Å². The third kappa shape index (κ3) is 4.00. The Kier molecular flexibility index (Phi) is 5.40. The number of ether oxygens (including phenoxy) is 2. The van der Waals surface area contributed by atoms with Gasteiger partial charge in [-0.25, -0.2) is 0 Å². The van der Waals surface area contributed by atoms with E-state index in [4.69, 9.17) is 9.47 Å². The maximum absolute atomic E-state index is 13.4. The SMILES string of the molecule is CCOc1cc(C=Nc2ccc3ccccc3c2)ccc1OC(=O)C12CC3CC(CC(C3)C1)C2. The normalized spacial score (nSPS) is 27.4. The van der Waals surface area contributed by atoms with Crippen LogP contribution in [0, 0.1) is 23.2 Å². The molecule has 4 saturated carbocycles. The zero-order chi connectivity index (χ0) is 23.1. The second-order valence-corrected chi connectivity index (χ2v) is 10.5. The minimum atomic E-state index is -0.283. The molecule has 3 aromatic carbocycles. The van der Waals surface area contributed by atoms with Crippen LogP contribution in [0.2, 0.25) is 0 Å². The Morgan fingerprint density at radius 2 is 1.62 bits per heavy atom. The summed E-state index contributed by atoms with van der Waals surface area (Å²) in [6.07, 6.45) is 8.75. The molecule has 4 fully saturated rings. The number of esters is 1. The van der Waals surface area contributed by atoms with Gasteiger partial charge in [0.25, 0.3) is 0 Å². The molecule has 4 bridgehead atoms. The summed E-state index contributed by atoms with van der Waals surface area (Å²) < 4.78 is 11.9. The number of hydrogen-bond donors (Lipinski definition) is 0. The third-order valence-corrected chi connectivity index (χ3v) is 8.04. The first kappa shape index (κ1) is 21.4. The third-order valence-electron chi connectivity index (χ3n) is 8.04. The minimum Gasteiger partial charge on any atom is -0.490 e. The van der Waals surface area contributed by atoms with Gasteiger partial charge in [0.2, 0.25) is 0 Å². The van der Waals surface area contributed by atoms with Gasteiger partial charge < -0.3 is 9.47 Å². The van der Waals surface area contributed by atoms with Gasteiger partial charge in [-0.2, -0.15) is 0 Å². The van der Waals surface area contributed by atoms with Crippen LogP contribution in [0.15, 0.2) is 65.7 Å². The molecule has 4 nitrogen and oxygen atoms in total. The van der Waals surface area contributed by atoms with Crippen molar-refractivity contribution in [2.45, 2.75) is 45.4 Å². The number of nitrogens with zero attached hydrogens (tertiary/aromatic N) is 1. The summed E-state index contributed by atoms with van der Waals surface area (Å²) in [5.41, 5.74) is 1.52. The van der Waals surface area contributed by atoms with E-state index in [1.807, 2.05) is 49.5 Å². The maximum Gasteiger partial charge on any atom is 0.317 e. The van der Waals surface area contributed by atoms with E-state index in [1.165, 1.54) is 30.0 Å². The number of rotatable bonds is 6. The number of benzene rings is 3. The van der Waals surface area contributed by atoms with Crippen molar-refractivity contribution in [3.63, 3.8) is 0 Å². The maximum atomic E-state index is 13.4. The van der Waals surface area contributed by atoms with E-state index in [1.54, 1.807) is 0 Å². The Hall–Kier alpha value is -3.14. The Balaban J connectivity index is 1.22. The van der Waals surface area contributed by atoms with Crippen LogP contribution in [0.4, 0.5) is 5.69 Å². The molecule has 0 amide bonds. The van der Waals surface area contributed by atoms with E-state index in [0.717, 1.165) is 30.5 Å². The lowest BCUT2D eigenvalue weighted by molar-refractivity contribution is -0.161. The molecule has 4 aliphatic carbocycles. The van der Waals surface area contributed by atoms with Crippen LogP contribution in [-0.4, -0.2) is 18.8 Å². The summed E-state index contributed by atoms with van der Waals surface area (Å²) >= 11 is 0. The van der Waals surface area contributed by atoms with Gasteiger partial charge in [-0.3, -0.25) is 9.79 Å². The van der Waals surface area contributed by atoms with Crippen molar-refractivity contribution in [2.75, 3.05) is 6.61 Å². The number of carbonyl (C=O) groups excluding carboxylic acids is 1. The summed E-state index contributed by atoms with van der Waals surface area (Å²) in [5.74, 6) is 3.19. The van der Waals surface area contributed by atoms with E-state index in [2.05, 4.69) is 29.3 Å². The van der Waals surface area contributed by atoms with Crippen LogP contribution in [0.5, 0.6) is 11.5 Å². The molecule has 0 unspecified atom stereocenters. The fourth-order valence-corrected chi connectivity index (χ4v) is 6.93. The average molecular weight is 454 g/mol. The monoisotopic (exact) mass is 453 g/mol. The molecule has 0 saturated heterocycles. The first-order valence-electron chi connectivity index (χ1n) is 12.6. The van der Waals surface area contributed by atoms with E-state index in [9.17, 15) is 4.79 Å². The van der Waals surface area contributed by atoms with Crippen LogP contribution in [-0.2, 0) is 4.79 Å². The van der Waals surface area contributed by atoms with Crippen molar-refractivity contribution in [2.24, 2.45) is 28.2 Å². The Labute approximate surface area is 201 Å². The molecule has 174 valence electrons. The number of hydrogen-bond acceptors (Lipinski definition) is 4. The van der Waals surface area contributed by atoms with Gasteiger partial charge in [-0.1, -0.05) is 30.3 Å². The standard InChI is InChI=1S/C30H31NO3/c1-2-33-28-14-20(19-31-26-9-8-24-5-3-4-6-25(24)15-26)7-10-27(28)34-29(32)30-16-21-11-22(17-30)13-23(12-21)18-30/h3-10,14-15,19,21-23H,2,11-13,16-18H2,1H3. The largest absolute Gasteiger partial charge is 0.490 e. The highest BCUT2D eigenvalue weighted by Crippen LogP contribution is 2.60. The number of aliphatic imine (C=N–C) groups is 1. The van der Waals surface area contributed by atoms with Gasteiger partial charge in [0.05, 0.1) is 17.7 Å². The molecule has 0 atom stereocenters. The molecular weight excluding hydrogens is 422 g/mol. The van der Waals surface area contributed by atoms with Crippen molar-refractivity contribution in [3.05, 3.63) is 66.2 Å². The molecule has 0 N–H and O–H groups in total. The van der Waals surface area contributed by atoms with Gasteiger partial charge in [0, 0.05) is 6.21 Å². The highest BCUT2D eigenvalue weighted by molar-refractivity contribution is 5.88. The van der Waals surface area contributed by atoms with Gasteiger partial charge in [-0.15, -0.1) is 0 Å². The lowest BCUT2D eigenvalue weighted by Gasteiger charge is -2.55. The molecule has 0 radical (unpaired) electrons. The second-order valence-electron chi connectivity index (χ2n) is 10.5. The average Bonchev–Trinajstić information content (AvgIpc) is 2.83. The van der Waals surface area contributed by atoms with Gasteiger partial charge in [0.1, 0.15) is 0 Å². The molecule has 4 heteroatoms. The first-order chi connectivity index (χ1) is 16.6. The first-order valence-corrected chi connectivity index (χ1v) is 12.6. The van der Waals surface area contributed by atoms with Crippen molar-refractivity contribution >= 4 is 28.6 Å². The molecule has 0 aromatic heterocycles. The van der Waals surface area contributed by atoms with Crippen LogP contribution in [0.3, 0.4) is 0 Å². The summed E-state index contributed by atoms with van der Waals surface area (Å²) in [6, 6.07) is 20.2. The molecule has 4 aliphatic rings. The quantitative estimate of drug-likeness (QED) is 0.227. The van der Waals surface area contributed by atoms with Crippen molar-refractivity contribution < 1.29 is 14.3 Å². The smallest absolute Gasteiger partial charge is 0.317 e. The van der Waals surface area contributed by atoms with Crippen LogP contribution >= 0.6 is 0 Å². The number of fused-ring (bicyclic) bond motifs is 1. The molecule has 0 aliphatic heterocycles. The van der Waals surface area contributed by atoms with Crippen molar-refractivity contribution in [3.8, 4) is 11.5 Å². The minimum absolute atomic E-state index is 0.0508. The van der Waals surface area contributed by atoms with Gasteiger partial charge >= 0.3 is 5.97 Å². The second kappa shape index (κ2) is 8.57. The van der Waals surface area contributed by atoms with E-state index < -0.39 is 0 Å². The molecule has 0 heterocycles. The highest BCUT2D eigenvalue weighted by Gasteiger charge is 2.55. The van der Waals surface area contributed by atoms with Gasteiger partial charge in [0.15, 0.2) is 11.5 Å². The Morgan fingerprint density at radius 1 is 0.912 bits per heavy atom. The predicted molar refractivity (Wildman–Crippen MR) is 135 cm³/mol. The zero-order valence-electron chi connectivity index (χ0n) is 19.7. The summed E-state index contributed by atoms with van der Waals surface area (Å²) in [4.78, 5) is 18.1. The van der Waals surface area contributed by atoms with Crippen molar-refractivity contribution in [1.82, 2.24) is 0 Å². The van der Waals surface area contributed by atoms with Gasteiger partial charge in [-0.05, 0) is 110 Å².